The van der Waals surface area contributed by atoms with Gasteiger partial charge in [-0.1, -0.05) is 0 Å². The number of thiazole rings is 1. The van der Waals surface area contributed by atoms with E-state index in [1.807, 2.05) is 41.5 Å². The Kier molecular flexibility index (Phi) is 8.65. The van der Waals surface area contributed by atoms with Crippen molar-refractivity contribution >= 4 is 42.1 Å². The van der Waals surface area contributed by atoms with Crippen molar-refractivity contribution in [1.82, 2.24) is 15.2 Å². The summed E-state index contributed by atoms with van der Waals surface area (Å²) in [4.78, 5) is 19.0. The minimum atomic E-state index is 0. The molecule has 1 aromatic carbocycles. The molecule has 1 N–H and O–H groups in total. The van der Waals surface area contributed by atoms with Crippen molar-refractivity contribution in [3.05, 3.63) is 35.3 Å². The lowest BCUT2D eigenvalue weighted by atomic mass is 10.2. The Bertz CT molecular complexity index is 679. The first-order valence-corrected chi connectivity index (χ1v) is 8.77. The van der Waals surface area contributed by atoms with Crippen LogP contribution in [0, 0.1) is 0 Å². The molecule has 1 saturated heterocycles. The third kappa shape index (κ3) is 5.07. The summed E-state index contributed by atoms with van der Waals surface area (Å²) in [5, 5.41) is 6.00. The fourth-order valence-corrected chi connectivity index (χ4v) is 3.45. The lowest BCUT2D eigenvalue weighted by molar-refractivity contribution is 0.0650. The van der Waals surface area contributed by atoms with Crippen molar-refractivity contribution in [1.29, 1.82) is 0 Å². The van der Waals surface area contributed by atoms with Crippen molar-refractivity contribution in [2.75, 3.05) is 26.2 Å². The molecule has 138 valence electrons. The summed E-state index contributed by atoms with van der Waals surface area (Å²) in [7, 11) is 0. The zero-order valence-electron chi connectivity index (χ0n) is 14.2. The number of aromatic nitrogens is 1. The van der Waals surface area contributed by atoms with Crippen molar-refractivity contribution in [3.63, 3.8) is 0 Å². The van der Waals surface area contributed by atoms with Crippen LogP contribution in [0.4, 0.5) is 0 Å². The van der Waals surface area contributed by atoms with E-state index in [-0.39, 0.29) is 36.8 Å². The third-order valence-corrected chi connectivity index (χ3v) is 4.79. The molecule has 0 aliphatic carbocycles. The number of carbonyl (C=O) groups excluding carboxylic acids is 1. The molecule has 0 spiro atoms. The summed E-state index contributed by atoms with van der Waals surface area (Å²) >= 11 is 1.50. The average Bonchev–Trinajstić information content (AvgIpc) is 3.06. The van der Waals surface area contributed by atoms with Crippen molar-refractivity contribution in [2.24, 2.45) is 0 Å². The van der Waals surface area contributed by atoms with Gasteiger partial charge >= 0.3 is 0 Å². The van der Waals surface area contributed by atoms with Gasteiger partial charge in [-0.05, 0) is 38.1 Å². The number of nitrogens with one attached hydrogen (secondary N) is 1. The number of hydrogen-bond donors (Lipinski definition) is 1. The standard InChI is InChI=1S/C17H21N3O2S.2ClH/c1-3-22-14-6-4-13(5-7-14)16-19-15(11-23-16)17(21)20-9-8-18-10-12(20)2;;/h4-7,11-12,18H,3,8-10H2,1-2H3;2*1H/t12-;;/m1../s1. The minimum absolute atomic E-state index is 0. The molecule has 8 heteroatoms. The first-order valence-electron chi connectivity index (χ1n) is 7.89. The summed E-state index contributed by atoms with van der Waals surface area (Å²) in [6, 6.07) is 8.02. The van der Waals surface area contributed by atoms with Crippen LogP contribution in [0.15, 0.2) is 29.6 Å². The molecule has 0 saturated carbocycles. The van der Waals surface area contributed by atoms with E-state index < -0.39 is 0 Å². The Labute approximate surface area is 164 Å². The molecule has 25 heavy (non-hydrogen) atoms. The second-order valence-corrected chi connectivity index (χ2v) is 6.41. The van der Waals surface area contributed by atoms with Crippen LogP contribution in [0.5, 0.6) is 5.75 Å². The van der Waals surface area contributed by atoms with Gasteiger partial charge in [0.1, 0.15) is 16.5 Å². The number of nitrogens with zero attached hydrogens (tertiary/aromatic N) is 2. The highest BCUT2D eigenvalue weighted by molar-refractivity contribution is 7.13. The maximum absolute atomic E-state index is 12.6. The van der Waals surface area contributed by atoms with Gasteiger partial charge in [-0.25, -0.2) is 4.98 Å². The van der Waals surface area contributed by atoms with Crippen LogP contribution in [0.1, 0.15) is 24.3 Å². The smallest absolute Gasteiger partial charge is 0.273 e. The molecular formula is C17H23Cl2N3O2S. The van der Waals surface area contributed by atoms with Crippen molar-refractivity contribution in [2.45, 2.75) is 19.9 Å². The van der Waals surface area contributed by atoms with Crippen LogP contribution in [0.25, 0.3) is 10.6 Å². The van der Waals surface area contributed by atoms with Gasteiger partial charge < -0.3 is 15.0 Å². The van der Waals surface area contributed by atoms with E-state index in [2.05, 4.69) is 17.2 Å². The fraction of sp³-hybridized carbons (Fsp3) is 0.412. The summed E-state index contributed by atoms with van der Waals surface area (Å²) in [5.74, 6) is 0.867. The summed E-state index contributed by atoms with van der Waals surface area (Å²) < 4.78 is 5.45. The number of halogens is 2. The van der Waals surface area contributed by atoms with Gasteiger partial charge in [-0.3, -0.25) is 4.79 Å². The number of amides is 1. The summed E-state index contributed by atoms with van der Waals surface area (Å²) in [6.07, 6.45) is 0. The zero-order valence-corrected chi connectivity index (χ0v) is 16.7. The quantitative estimate of drug-likeness (QED) is 0.848. The number of hydrogen-bond acceptors (Lipinski definition) is 5. The van der Waals surface area contributed by atoms with Gasteiger partial charge in [0.25, 0.3) is 5.91 Å². The number of benzene rings is 1. The van der Waals surface area contributed by atoms with Gasteiger partial charge in [0.2, 0.25) is 0 Å². The lowest BCUT2D eigenvalue weighted by Crippen LogP contribution is -2.52. The molecule has 1 fully saturated rings. The Hall–Kier alpha value is -1.34. The fourth-order valence-electron chi connectivity index (χ4n) is 2.65. The normalized spacial score (nSPS) is 16.6. The molecule has 2 aromatic rings. The predicted molar refractivity (Wildman–Crippen MR) is 107 cm³/mol. The molecule has 1 aliphatic rings. The molecule has 3 rings (SSSR count). The van der Waals surface area contributed by atoms with Gasteiger partial charge in [0, 0.05) is 36.6 Å². The third-order valence-electron chi connectivity index (χ3n) is 3.90. The molecule has 0 radical (unpaired) electrons. The minimum Gasteiger partial charge on any atom is -0.494 e. The van der Waals surface area contributed by atoms with Crippen LogP contribution < -0.4 is 10.1 Å². The molecule has 1 aliphatic heterocycles. The zero-order chi connectivity index (χ0) is 16.2. The van der Waals surface area contributed by atoms with Gasteiger partial charge in [0.05, 0.1) is 6.61 Å². The molecule has 0 bridgehead atoms. The van der Waals surface area contributed by atoms with Crippen LogP contribution in [-0.4, -0.2) is 48.1 Å². The topological polar surface area (TPSA) is 54.5 Å². The Balaban J connectivity index is 0.00000156. The highest BCUT2D eigenvalue weighted by Gasteiger charge is 2.25. The summed E-state index contributed by atoms with van der Waals surface area (Å²) in [6.45, 7) is 7.08. The maximum atomic E-state index is 12.6. The number of rotatable bonds is 4. The van der Waals surface area contributed by atoms with Crippen LogP contribution in [0.2, 0.25) is 0 Å². The monoisotopic (exact) mass is 403 g/mol. The number of ether oxygens (including phenoxy) is 1. The van der Waals surface area contributed by atoms with E-state index in [1.54, 1.807) is 0 Å². The number of piperazine rings is 1. The highest BCUT2D eigenvalue weighted by Crippen LogP contribution is 2.26. The molecule has 1 amide bonds. The highest BCUT2D eigenvalue weighted by atomic mass is 35.5. The summed E-state index contributed by atoms with van der Waals surface area (Å²) in [5.41, 5.74) is 1.54. The van der Waals surface area contributed by atoms with E-state index in [1.165, 1.54) is 11.3 Å². The molecule has 1 atom stereocenters. The van der Waals surface area contributed by atoms with Crippen LogP contribution in [-0.2, 0) is 0 Å². The van der Waals surface area contributed by atoms with E-state index >= 15 is 0 Å². The number of carbonyl (C=O) groups is 1. The van der Waals surface area contributed by atoms with Gasteiger partial charge in [0.15, 0.2) is 0 Å². The van der Waals surface area contributed by atoms with Gasteiger partial charge in [-0.15, -0.1) is 36.2 Å². The maximum Gasteiger partial charge on any atom is 0.273 e. The molecule has 1 aromatic heterocycles. The predicted octanol–water partition coefficient (Wildman–Crippen LogP) is 3.49. The van der Waals surface area contributed by atoms with E-state index in [9.17, 15) is 4.79 Å². The average molecular weight is 404 g/mol. The van der Waals surface area contributed by atoms with Gasteiger partial charge in [-0.2, -0.15) is 0 Å². The second kappa shape index (κ2) is 9.97. The van der Waals surface area contributed by atoms with Crippen LogP contribution in [0.3, 0.4) is 0 Å². The van der Waals surface area contributed by atoms with E-state index in [0.717, 1.165) is 36.0 Å². The Morgan fingerprint density at radius 3 is 2.72 bits per heavy atom. The Morgan fingerprint density at radius 1 is 1.36 bits per heavy atom. The first kappa shape index (κ1) is 21.7. The first-order chi connectivity index (χ1) is 11.2. The van der Waals surface area contributed by atoms with Crippen LogP contribution >= 0.6 is 36.2 Å². The lowest BCUT2D eigenvalue weighted by Gasteiger charge is -2.33. The Morgan fingerprint density at radius 2 is 2.08 bits per heavy atom. The second-order valence-electron chi connectivity index (χ2n) is 5.55. The largest absolute Gasteiger partial charge is 0.494 e. The SMILES string of the molecule is CCOc1ccc(-c2nc(C(=O)N3CCNC[C@H]3C)cs2)cc1.Cl.Cl. The molecule has 2 heterocycles. The van der Waals surface area contributed by atoms with E-state index in [4.69, 9.17) is 4.74 Å². The molecule has 0 unspecified atom stereocenters. The molecule has 5 nitrogen and oxygen atoms in total. The van der Waals surface area contributed by atoms with Crippen molar-refractivity contribution in [3.8, 4) is 16.3 Å². The van der Waals surface area contributed by atoms with Crippen molar-refractivity contribution < 1.29 is 9.53 Å². The molecular weight excluding hydrogens is 381 g/mol. The van der Waals surface area contributed by atoms with E-state index in [0.29, 0.717) is 12.3 Å².